The summed E-state index contributed by atoms with van der Waals surface area (Å²) >= 11 is 0. The molecule has 82 valence electrons. The summed E-state index contributed by atoms with van der Waals surface area (Å²) in [5, 5.41) is 3.52. The van der Waals surface area contributed by atoms with Crippen molar-refractivity contribution < 1.29 is 9.47 Å². The Morgan fingerprint density at radius 1 is 1.21 bits per heavy atom. The van der Waals surface area contributed by atoms with E-state index in [9.17, 15) is 0 Å². The third-order valence-electron chi connectivity index (χ3n) is 3.86. The summed E-state index contributed by atoms with van der Waals surface area (Å²) in [6, 6.07) is 0.442. The van der Waals surface area contributed by atoms with Crippen molar-refractivity contribution in [3.05, 3.63) is 0 Å². The highest BCUT2D eigenvalue weighted by Crippen LogP contribution is 2.42. The number of nitrogens with one attached hydrogen (secondary N) is 1. The Morgan fingerprint density at radius 2 is 1.93 bits per heavy atom. The highest BCUT2D eigenvalue weighted by molar-refractivity contribution is 5.04. The minimum atomic E-state index is -0.112. The van der Waals surface area contributed by atoms with Crippen molar-refractivity contribution in [3.8, 4) is 0 Å². The van der Waals surface area contributed by atoms with Gasteiger partial charge in [-0.2, -0.15) is 0 Å². The van der Waals surface area contributed by atoms with Crippen LogP contribution in [-0.2, 0) is 9.47 Å². The molecule has 1 N–H and O–H groups in total. The van der Waals surface area contributed by atoms with Crippen LogP contribution >= 0.6 is 0 Å². The van der Waals surface area contributed by atoms with Crippen molar-refractivity contribution in [2.75, 3.05) is 19.8 Å². The first-order valence-corrected chi connectivity index (χ1v) is 5.46. The van der Waals surface area contributed by atoms with Crippen LogP contribution in [0, 0.1) is 5.41 Å². The molecular weight excluding hydrogens is 178 g/mol. The smallest absolute Gasteiger partial charge is 0.111 e. The monoisotopic (exact) mass is 199 g/mol. The molecule has 1 spiro atoms. The van der Waals surface area contributed by atoms with E-state index in [4.69, 9.17) is 9.47 Å². The van der Waals surface area contributed by atoms with Crippen LogP contribution in [0.1, 0.15) is 27.7 Å². The molecule has 14 heavy (non-hydrogen) atoms. The van der Waals surface area contributed by atoms with Gasteiger partial charge in [0.2, 0.25) is 0 Å². The fraction of sp³-hybridized carbons (Fsp3) is 1.00. The summed E-state index contributed by atoms with van der Waals surface area (Å²) in [5.41, 5.74) is 0.00727. The molecule has 0 aromatic rings. The predicted octanol–water partition coefficient (Wildman–Crippen LogP) is 1.18. The molecule has 2 aliphatic heterocycles. The molecule has 0 aromatic heterocycles. The number of hydrogen-bond acceptors (Lipinski definition) is 3. The molecule has 2 saturated heterocycles. The molecule has 3 heteroatoms. The van der Waals surface area contributed by atoms with Crippen molar-refractivity contribution in [2.45, 2.75) is 45.4 Å². The Labute approximate surface area is 86.2 Å². The average molecular weight is 199 g/mol. The van der Waals surface area contributed by atoms with Crippen LogP contribution in [0.3, 0.4) is 0 Å². The summed E-state index contributed by atoms with van der Waals surface area (Å²) < 4.78 is 11.7. The highest BCUT2D eigenvalue weighted by atomic mass is 16.6. The van der Waals surface area contributed by atoms with E-state index in [-0.39, 0.29) is 17.1 Å². The van der Waals surface area contributed by atoms with Crippen LogP contribution in [-0.4, -0.2) is 37.5 Å². The summed E-state index contributed by atoms with van der Waals surface area (Å²) in [5.74, 6) is 0. The fourth-order valence-corrected chi connectivity index (χ4v) is 2.27. The number of morpholine rings is 1. The molecule has 0 radical (unpaired) electrons. The second-order valence-electron chi connectivity index (χ2n) is 5.36. The molecule has 0 saturated carbocycles. The summed E-state index contributed by atoms with van der Waals surface area (Å²) in [4.78, 5) is 0. The molecule has 0 bridgehead atoms. The second-order valence-corrected chi connectivity index (χ2v) is 5.36. The molecule has 0 aliphatic carbocycles. The number of hydrogen-bond donors (Lipinski definition) is 1. The number of rotatable bonds is 0. The van der Waals surface area contributed by atoms with Gasteiger partial charge in [-0.25, -0.2) is 0 Å². The zero-order valence-corrected chi connectivity index (χ0v) is 9.59. The lowest BCUT2D eigenvalue weighted by atomic mass is 9.76. The SMILES string of the molecule is CC1NCC2(COCC2(C)C)OC1C. The zero-order chi connectivity index (χ0) is 10.4. The van der Waals surface area contributed by atoms with Gasteiger partial charge < -0.3 is 14.8 Å². The first-order valence-electron chi connectivity index (χ1n) is 5.46. The van der Waals surface area contributed by atoms with Crippen LogP contribution in [0.4, 0.5) is 0 Å². The maximum absolute atomic E-state index is 6.17. The van der Waals surface area contributed by atoms with Crippen LogP contribution in [0.25, 0.3) is 0 Å². The van der Waals surface area contributed by atoms with E-state index in [1.165, 1.54) is 0 Å². The van der Waals surface area contributed by atoms with E-state index < -0.39 is 0 Å². The third-order valence-corrected chi connectivity index (χ3v) is 3.86. The van der Waals surface area contributed by atoms with Crippen LogP contribution < -0.4 is 5.32 Å². The topological polar surface area (TPSA) is 30.5 Å². The van der Waals surface area contributed by atoms with E-state index in [1.54, 1.807) is 0 Å². The van der Waals surface area contributed by atoms with Crippen molar-refractivity contribution >= 4 is 0 Å². The van der Waals surface area contributed by atoms with Gasteiger partial charge in [0, 0.05) is 18.0 Å². The van der Waals surface area contributed by atoms with Gasteiger partial charge in [0.25, 0.3) is 0 Å². The Morgan fingerprint density at radius 3 is 2.43 bits per heavy atom. The molecule has 2 rings (SSSR count). The van der Waals surface area contributed by atoms with Crippen LogP contribution in [0.15, 0.2) is 0 Å². The lowest BCUT2D eigenvalue weighted by Crippen LogP contribution is -2.63. The predicted molar refractivity (Wildman–Crippen MR) is 55.3 cm³/mol. The first kappa shape index (κ1) is 10.4. The van der Waals surface area contributed by atoms with Gasteiger partial charge in [-0.05, 0) is 13.8 Å². The number of ether oxygens (including phenoxy) is 2. The fourth-order valence-electron chi connectivity index (χ4n) is 2.27. The third kappa shape index (κ3) is 1.38. The second kappa shape index (κ2) is 3.19. The molecule has 0 aromatic carbocycles. The Kier molecular flexibility index (Phi) is 2.37. The van der Waals surface area contributed by atoms with E-state index >= 15 is 0 Å². The van der Waals surface area contributed by atoms with Gasteiger partial charge in [-0.1, -0.05) is 13.8 Å². The van der Waals surface area contributed by atoms with Crippen LogP contribution in [0.2, 0.25) is 0 Å². The molecule has 0 amide bonds. The van der Waals surface area contributed by atoms with Crippen molar-refractivity contribution in [1.29, 1.82) is 0 Å². The van der Waals surface area contributed by atoms with Gasteiger partial charge in [0.05, 0.1) is 19.3 Å². The van der Waals surface area contributed by atoms with Gasteiger partial charge >= 0.3 is 0 Å². The maximum Gasteiger partial charge on any atom is 0.111 e. The van der Waals surface area contributed by atoms with Gasteiger partial charge in [-0.15, -0.1) is 0 Å². The van der Waals surface area contributed by atoms with Gasteiger partial charge in [0.1, 0.15) is 5.60 Å². The van der Waals surface area contributed by atoms with Crippen LogP contribution in [0.5, 0.6) is 0 Å². The molecular formula is C11H21NO2. The average Bonchev–Trinajstić information content (AvgIpc) is 2.36. The van der Waals surface area contributed by atoms with E-state index in [2.05, 4.69) is 33.0 Å². The molecule has 2 aliphatic rings. The van der Waals surface area contributed by atoms with E-state index in [0.29, 0.717) is 6.04 Å². The quantitative estimate of drug-likeness (QED) is 0.635. The Hall–Kier alpha value is -0.120. The summed E-state index contributed by atoms with van der Waals surface area (Å²) in [6.07, 6.45) is 0.268. The maximum atomic E-state index is 6.17. The standard InChI is InChI=1S/C11H21NO2/c1-8-9(2)14-11(5-12-8)7-13-6-10(11,3)4/h8-9,12H,5-7H2,1-4H3. The molecule has 2 fully saturated rings. The lowest BCUT2D eigenvalue weighted by Gasteiger charge is -2.47. The van der Waals surface area contributed by atoms with E-state index in [0.717, 1.165) is 19.8 Å². The molecule has 2 heterocycles. The Balaban J connectivity index is 2.17. The Bertz CT molecular complexity index is 229. The minimum absolute atomic E-state index is 0.112. The van der Waals surface area contributed by atoms with Crippen molar-refractivity contribution in [3.63, 3.8) is 0 Å². The van der Waals surface area contributed by atoms with Crippen molar-refractivity contribution in [2.24, 2.45) is 5.41 Å². The summed E-state index contributed by atoms with van der Waals surface area (Å²) in [6.45, 7) is 11.2. The molecule has 3 atom stereocenters. The van der Waals surface area contributed by atoms with Gasteiger partial charge in [0.15, 0.2) is 0 Å². The highest BCUT2D eigenvalue weighted by Gasteiger charge is 2.54. The van der Waals surface area contributed by atoms with Crippen molar-refractivity contribution in [1.82, 2.24) is 5.32 Å². The normalized spacial score (nSPS) is 47.1. The van der Waals surface area contributed by atoms with Gasteiger partial charge in [-0.3, -0.25) is 0 Å². The minimum Gasteiger partial charge on any atom is -0.378 e. The van der Waals surface area contributed by atoms with E-state index in [1.807, 2.05) is 0 Å². The summed E-state index contributed by atoms with van der Waals surface area (Å²) in [7, 11) is 0. The lowest BCUT2D eigenvalue weighted by molar-refractivity contribution is -0.162. The molecule has 3 nitrogen and oxygen atoms in total. The largest absolute Gasteiger partial charge is 0.378 e. The molecule has 3 unspecified atom stereocenters. The first-order chi connectivity index (χ1) is 6.47. The zero-order valence-electron chi connectivity index (χ0n) is 9.59.